The Morgan fingerprint density at radius 3 is 2.65 bits per heavy atom. The molecule has 2 aromatic carbocycles. The summed E-state index contributed by atoms with van der Waals surface area (Å²) in [5.41, 5.74) is 5.04. The molecule has 26 heavy (non-hydrogen) atoms. The number of anilines is 1. The van der Waals surface area contributed by atoms with Crippen molar-refractivity contribution < 1.29 is 9.53 Å². The first-order valence-electron chi connectivity index (χ1n) is 8.36. The normalized spacial score (nSPS) is 12.8. The van der Waals surface area contributed by atoms with Crippen LogP contribution in [0.4, 0.5) is 5.69 Å². The zero-order valence-electron chi connectivity index (χ0n) is 14.3. The second-order valence-corrected chi connectivity index (χ2v) is 6.99. The van der Waals surface area contributed by atoms with Crippen LogP contribution in [0.3, 0.4) is 0 Å². The molecule has 0 saturated carbocycles. The molecule has 0 atom stereocenters. The van der Waals surface area contributed by atoms with Crippen LogP contribution in [0, 0.1) is 0 Å². The number of nitrogens with zero attached hydrogens (tertiary/aromatic N) is 2. The van der Waals surface area contributed by atoms with Gasteiger partial charge in [-0.15, -0.1) is 0 Å². The molecule has 0 N–H and O–H groups in total. The van der Waals surface area contributed by atoms with E-state index in [1.54, 1.807) is 25.6 Å². The number of halogens is 1. The van der Waals surface area contributed by atoms with E-state index in [4.69, 9.17) is 4.74 Å². The number of fused-ring (bicyclic) bond motifs is 1. The highest BCUT2D eigenvalue weighted by atomic mass is 79.9. The van der Waals surface area contributed by atoms with E-state index in [1.807, 2.05) is 35.2 Å². The highest BCUT2D eigenvalue weighted by Gasteiger charge is 2.27. The average molecular weight is 409 g/mol. The summed E-state index contributed by atoms with van der Waals surface area (Å²) in [5.74, 6) is 0.648. The number of amides is 1. The second-order valence-electron chi connectivity index (χ2n) is 6.13. The molecule has 0 radical (unpaired) electrons. The summed E-state index contributed by atoms with van der Waals surface area (Å²) in [7, 11) is 1.60. The largest absolute Gasteiger partial charge is 0.497 e. The van der Waals surface area contributed by atoms with Crippen molar-refractivity contribution in [2.24, 2.45) is 0 Å². The number of hydrogen-bond donors (Lipinski definition) is 0. The van der Waals surface area contributed by atoms with Crippen LogP contribution in [0.2, 0.25) is 0 Å². The maximum atomic E-state index is 13.1. The van der Waals surface area contributed by atoms with E-state index in [2.05, 4.69) is 33.0 Å². The van der Waals surface area contributed by atoms with Crippen LogP contribution in [-0.2, 0) is 6.42 Å². The van der Waals surface area contributed by atoms with Gasteiger partial charge in [-0.3, -0.25) is 9.78 Å². The minimum absolute atomic E-state index is 0.0220. The average Bonchev–Trinajstić information content (AvgIpc) is 3.12. The Morgan fingerprint density at radius 1 is 1.08 bits per heavy atom. The van der Waals surface area contributed by atoms with Crippen molar-refractivity contribution in [2.45, 2.75) is 6.42 Å². The van der Waals surface area contributed by atoms with Crippen molar-refractivity contribution in [3.8, 4) is 16.9 Å². The Bertz CT molecular complexity index is 973. The number of aromatic nitrogens is 1. The molecular formula is C21H17BrN2O2. The molecule has 0 unspecified atom stereocenters. The summed E-state index contributed by atoms with van der Waals surface area (Å²) < 4.78 is 6.03. The van der Waals surface area contributed by atoms with Crippen LogP contribution in [0.1, 0.15) is 15.9 Å². The van der Waals surface area contributed by atoms with E-state index in [0.717, 1.165) is 27.7 Å². The Balaban J connectivity index is 1.67. The van der Waals surface area contributed by atoms with Gasteiger partial charge in [0.25, 0.3) is 5.91 Å². The monoisotopic (exact) mass is 408 g/mol. The number of rotatable bonds is 3. The Kier molecular flexibility index (Phi) is 4.47. The maximum Gasteiger partial charge on any atom is 0.259 e. The van der Waals surface area contributed by atoms with E-state index < -0.39 is 0 Å². The highest BCUT2D eigenvalue weighted by molar-refractivity contribution is 9.10. The molecule has 3 aromatic rings. The van der Waals surface area contributed by atoms with E-state index in [1.165, 1.54) is 5.56 Å². The molecule has 0 fully saturated rings. The smallest absolute Gasteiger partial charge is 0.259 e. The van der Waals surface area contributed by atoms with Gasteiger partial charge in [0.05, 0.1) is 12.7 Å². The summed E-state index contributed by atoms with van der Waals surface area (Å²) in [6.07, 6.45) is 4.43. The van der Waals surface area contributed by atoms with Crippen molar-refractivity contribution in [1.29, 1.82) is 0 Å². The molecule has 0 aliphatic carbocycles. The first-order chi connectivity index (χ1) is 12.7. The zero-order valence-corrected chi connectivity index (χ0v) is 15.9. The molecule has 2 heterocycles. The number of pyridine rings is 1. The van der Waals surface area contributed by atoms with Gasteiger partial charge in [0.1, 0.15) is 5.75 Å². The Morgan fingerprint density at radius 2 is 1.88 bits per heavy atom. The lowest BCUT2D eigenvalue weighted by Gasteiger charge is -2.19. The minimum atomic E-state index is -0.0220. The van der Waals surface area contributed by atoms with Gasteiger partial charge in [0.15, 0.2) is 0 Å². The molecule has 5 heteroatoms. The molecular weight excluding hydrogens is 392 g/mol. The van der Waals surface area contributed by atoms with Gasteiger partial charge in [-0.2, -0.15) is 0 Å². The number of carbonyl (C=O) groups excluding carboxylic acids is 1. The van der Waals surface area contributed by atoms with Gasteiger partial charge in [-0.05, 0) is 81.5 Å². The van der Waals surface area contributed by atoms with Crippen LogP contribution >= 0.6 is 15.9 Å². The van der Waals surface area contributed by atoms with Crippen molar-refractivity contribution >= 4 is 27.5 Å². The fourth-order valence-electron chi connectivity index (χ4n) is 3.28. The van der Waals surface area contributed by atoms with E-state index in [-0.39, 0.29) is 5.91 Å². The van der Waals surface area contributed by atoms with Crippen LogP contribution in [0.5, 0.6) is 5.75 Å². The highest BCUT2D eigenvalue weighted by Crippen LogP contribution is 2.34. The van der Waals surface area contributed by atoms with E-state index in [9.17, 15) is 4.79 Å². The van der Waals surface area contributed by atoms with Gasteiger partial charge >= 0.3 is 0 Å². The topological polar surface area (TPSA) is 42.4 Å². The molecule has 1 amide bonds. The number of carbonyl (C=O) groups is 1. The molecule has 1 aromatic heterocycles. The summed E-state index contributed by atoms with van der Waals surface area (Å²) in [5, 5.41) is 0. The van der Waals surface area contributed by atoms with Crippen molar-refractivity contribution in [2.75, 3.05) is 18.6 Å². The van der Waals surface area contributed by atoms with Gasteiger partial charge in [-0.1, -0.05) is 6.07 Å². The first-order valence-corrected chi connectivity index (χ1v) is 9.15. The predicted molar refractivity (Wildman–Crippen MR) is 106 cm³/mol. The number of hydrogen-bond acceptors (Lipinski definition) is 3. The Hall–Kier alpha value is -2.66. The van der Waals surface area contributed by atoms with Crippen LogP contribution in [0.25, 0.3) is 11.1 Å². The van der Waals surface area contributed by atoms with Crippen LogP contribution < -0.4 is 9.64 Å². The standard InChI is InChI=1S/C21H17BrN2O2/c1-26-17-3-4-19(22)18(13-17)21(25)24-11-8-16-12-15(2-5-20(16)24)14-6-9-23-10-7-14/h2-7,9-10,12-13H,8,11H2,1H3. The lowest BCUT2D eigenvalue weighted by atomic mass is 10.0. The lowest BCUT2D eigenvalue weighted by Crippen LogP contribution is -2.29. The summed E-state index contributed by atoms with van der Waals surface area (Å²) in [6.45, 7) is 0.678. The van der Waals surface area contributed by atoms with Gasteiger partial charge in [0, 0.05) is 29.1 Å². The van der Waals surface area contributed by atoms with Crippen molar-refractivity contribution in [3.05, 3.63) is 76.5 Å². The third kappa shape index (κ3) is 2.99. The molecule has 0 saturated heterocycles. The second kappa shape index (κ2) is 6.92. The maximum absolute atomic E-state index is 13.1. The Labute approximate surface area is 160 Å². The molecule has 1 aliphatic heterocycles. The molecule has 4 nitrogen and oxygen atoms in total. The molecule has 0 bridgehead atoms. The lowest BCUT2D eigenvalue weighted by molar-refractivity contribution is 0.0988. The summed E-state index contributed by atoms with van der Waals surface area (Å²) in [6, 6.07) is 15.7. The minimum Gasteiger partial charge on any atom is -0.497 e. The first kappa shape index (κ1) is 16.8. The van der Waals surface area contributed by atoms with E-state index in [0.29, 0.717) is 17.9 Å². The predicted octanol–water partition coefficient (Wildman–Crippen LogP) is 4.72. The number of benzene rings is 2. The molecule has 0 spiro atoms. The fourth-order valence-corrected chi connectivity index (χ4v) is 3.69. The van der Waals surface area contributed by atoms with Crippen molar-refractivity contribution in [1.82, 2.24) is 4.98 Å². The summed E-state index contributed by atoms with van der Waals surface area (Å²) >= 11 is 3.48. The number of methoxy groups -OCH3 is 1. The summed E-state index contributed by atoms with van der Waals surface area (Å²) in [4.78, 5) is 19.0. The fraction of sp³-hybridized carbons (Fsp3) is 0.143. The third-order valence-electron chi connectivity index (χ3n) is 4.64. The molecule has 4 rings (SSSR count). The number of ether oxygens (including phenoxy) is 1. The van der Waals surface area contributed by atoms with Crippen LogP contribution in [-0.4, -0.2) is 24.5 Å². The van der Waals surface area contributed by atoms with Crippen LogP contribution in [0.15, 0.2) is 65.4 Å². The third-order valence-corrected chi connectivity index (χ3v) is 5.33. The molecule has 1 aliphatic rings. The van der Waals surface area contributed by atoms with Gasteiger partial charge in [-0.25, -0.2) is 0 Å². The van der Waals surface area contributed by atoms with E-state index >= 15 is 0 Å². The van der Waals surface area contributed by atoms with Gasteiger partial charge in [0.2, 0.25) is 0 Å². The molecule has 130 valence electrons. The quantitative estimate of drug-likeness (QED) is 0.629. The SMILES string of the molecule is COc1ccc(Br)c(C(=O)N2CCc3cc(-c4ccncc4)ccc32)c1. The zero-order chi connectivity index (χ0) is 18.1. The van der Waals surface area contributed by atoms with Gasteiger partial charge < -0.3 is 9.64 Å². The van der Waals surface area contributed by atoms with Crippen molar-refractivity contribution in [3.63, 3.8) is 0 Å².